The highest BCUT2D eigenvalue weighted by molar-refractivity contribution is 5.78. The molecular weight excluding hydrogens is 389 g/mol. The van der Waals surface area contributed by atoms with Crippen LogP contribution in [0.3, 0.4) is 0 Å². The summed E-state index contributed by atoms with van der Waals surface area (Å²) >= 11 is 0. The van der Waals surface area contributed by atoms with Gasteiger partial charge in [0.1, 0.15) is 0 Å². The van der Waals surface area contributed by atoms with Crippen LogP contribution in [0.2, 0.25) is 0 Å². The quantitative estimate of drug-likeness (QED) is 0.650. The summed E-state index contributed by atoms with van der Waals surface area (Å²) in [6.07, 6.45) is 0. The Labute approximate surface area is 167 Å². The van der Waals surface area contributed by atoms with Crippen molar-refractivity contribution in [1.82, 2.24) is 10.2 Å². The predicted molar refractivity (Wildman–Crippen MR) is 101 cm³/mol. The Morgan fingerprint density at radius 1 is 1.03 bits per heavy atom. The molecule has 0 aromatic heterocycles. The standard InChI is InChI=1S/C20H23F3N2O4/c1-25(11-14-5-6-16(27-2)15(21)8-14)12-19(26)24-10-13-4-7-17(29-20(22)23)18(9-13)28-3/h4-9,20H,10-12H2,1-3H3,(H,24,26). The minimum absolute atomic E-state index is 0.0796. The molecule has 6 nitrogen and oxygen atoms in total. The fraction of sp³-hybridized carbons (Fsp3) is 0.350. The van der Waals surface area contributed by atoms with E-state index in [4.69, 9.17) is 9.47 Å². The van der Waals surface area contributed by atoms with E-state index in [-0.39, 0.29) is 36.2 Å². The lowest BCUT2D eigenvalue weighted by molar-refractivity contribution is -0.122. The highest BCUT2D eigenvalue weighted by Gasteiger charge is 2.12. The Bertz CT molecular complexity index is 833. The fourth-order valence-electron chi connectivity index (χ4n) is 2.69. The lowest BCUT2D eigenvalue weighted by atomic mass is 10.2. The summed E-state index contributed by atoms with van der Waals surface area (Å²) in [5, 5.41) is 2.74. The van der Waals surface area contributed by atoms with Crippen LogP contribution in [0.5, 0.6) is 17.2 Å². The van der Waals surface area contributed by atoms with Crippen molar-refractivity contribution in [2.45, 2.75) is 19.7 Å². The SMILES string of the molecule is COc1ccc(CN(C)CC(=O)NCc2ccc(OC(F)F)c(OC)c2)cc1F. The van der Waals surface area contributed by atoms with Crippen molar-refractivity contribution in [3.05, 3.63) is 53.3 Å². The topological polar surface area (TPSA) is 60.0 Å². The second-order valence-corrected chi connectivity index (χ2v) is 6.28. The molecule has 0 fully saturated rings. The first-order valence-electron chi connectivity index (χ1n) is 8.71. The predicted octanol–water partition coefficient (Wildman–Crippen LogP) is 3.19. The molecule has 2 aromatic carbocycles. The molecule has 0 saturated heterocycles. The number of nitrogens with one attached hydrogen (secondary N) is 1. The Morgan fingerprint density at radius 2 is 1.69 bits per heavy atom. The van der Waals surface area contributed by atoms with E-state index in [1.165, 1.54) is 38.5 Å². The molecule has 29 heavy (non-hydrogen) atoms. The number of carbonyl (C=O) groups is 1. The number of benzene rings is 2. The van der Waals surface area contributed by atoms with Crippen LogP contribution in [-0.2, 0) is 17.9 Å². The van der Waals surface area contributed by atoms with Crippen molar-refractivity contribution in [3.8, 4) is 17.2 Å². The molecule has 0 aliphatic carbocycles. The third-order valence-electron chi connectivity index (χ3n) is 4.02. The first-order chi connectivity index (χ1) is 13.8. The van der Waals surface area contributed by atoms with Crippen LogP contribution in [-0.4, -0.2) is 45.2 Å². The van der Waals surface area contributed by atoms with Gasteiger partial charge in [-0.05, 0) is 42.4 Å². The molecule has 0 radical (unpaired) electrons. The van der Waals surface area contributed by atoms with Gasteiger partial charge in [0, 0.05) is 13.1 Å². The Kier molecular flexibility index (Phi) is 8.14. The first kappa shape index (κ1) is 22.4. The van der Waals surface area contributed by atoms with E-state index in [1.807, 2.05) is 0 Å². The van der Waals surface area contributed by atoms with Crippen LogP contribution < -0.4 is 19.5 Å². The van der Waals surface area contributed by atoms with Gasteiger partial charge in [-0.2, -0.15) is 8.78 Å². The number of halogens is 3. The van der Waals surface area contributed by atoms with Gasteiger partial charge >= 0.3 is 6.61 Å². The largest absolute Gasteiger partial charge is 0.494 e. The zero-order chi connectivity index (χ0) is 21.4. The highest BCUT2D eigenvalue weighted by Crippen LogP contribution is 2.29. The molecule has 0 atom stereocenters. The van der Waals surface area contributed by atoms with Crippen LogP contribution >= 0.6 is 0 Å². The first-order valence-corrected chi connectivity index (χ1v) is 8.71. The number of ether oxygens (including phenoxy) is 3. The molecule has 0 aliphatic rings. The molecule has 0 aliphatic heterocycles. The number of amides is 1. The van der Waals surface area contributed by atoms with Gasteiger partial charge in [0.15, 0.2) is 23.1 Å². The molecule has 0 unspecified atom stereocenters. The molecule has 9 heteroatoms. The van der Waals surface area contributed by atoms with Gasteiger partial charge in [-0.1, -0.05) is 12.1 Å². The summed E-state index contributed by atoms with van der Waals surface area (Å²) in [4.78, 5) is 13.9. The highest BCUT2D eigenvalue weighted by atomic mass is 19.3. The number of carbonyl (C=O) groups excluding carboxylic acids is 1. The van der Waals surface area contributed by atoms with Crippen LogP contribution in [0.4, 0.5) is 13.2 Å². The third kappa shape index (κ3) is 6.86. The fourth-order valence-corrected chi connectivity index (χ4v) is 2.69. The maximum Gasteiger partial charge on any atom is 0.387 e. The van der Waals surface area contributed by atoms with Crippen molar-refractivity contribution in [1.29, 1.82) is 0 Å². The maximum absolute atomic E-state index is 13.7. The van der Waals surface area contributed by atoms with Gasteiger partial charge < -0.3 is 19.5 Å². The molecule has 0 heterocycles. The third-order valence-corrected chi connectivity index (χ3v) is 4.02. The molecule has 2 rings (SSSR count). The average Bonchev–Trinajstić information content (AvgIpc) is 2.66. The molecule has 2 aromatic rings. The van der Waals surface area contributed by atoms with E-state index in [0.29, 0.717) is 17.7 Å². The minimum Gasteiger partial charge on any atom is -0.494 e. The van der Waals surface area contributed by atoms with Crippen LogP contribution in [0.1, 0.15) is 11.1 Å². The van der Waals surface area contributed by atoms with Crippen molar-refractivity contribution in [3.63, 3.8) is 0 Å². The van der Waals surface area contributed by atoms with Crippen molar-refractivity contribution < 1.29 is 32.2 Å². The van der Waals surface area contributed by atoms with Crippen LogP contribution in [0.25, 0.3) is 0 Å². The minimum atomic E-state index is -2.95. The smallest absolute Gasteiger partial charge is 0.387 e. The average molecular weight is 412 g/mol. The van der Waals surface area contributed by atoms with E-state index in [0.717, 1.165) is 0 Å². The summed E-state index contributed by atoms with van der Waals surface area (Å²) in [5.74, 6) is -0.473. The second-order valence-electron chi connectivity index (χ2n) is 6.28. The summed E-state index contributed by atoms with van der Waals surface area (Å²) in [6, 6.07) is 9.06. The van der Waals surface area contributed by atoms with Gasteiger partial charge in [-0.15, -0.1) is 0 Å². The summed E-state index contributed by atoms with van der Waals surface area (Å²) < 4.78 is 52.7. The molecule has 158 valence electrons. The lowest BCUT2D eigenvalue weighted by Crippen LogP contribution is -2.34. The number of methoxy groups -OCH3 is 2. The molecular formula is C20H23F3N2O4. The normalized spacial score (nSPS) is 10.9. The number of nitrogens with zero attached hydrogens (tertiary/aromatic N) is 1. The lowest BCUT2D eigenvalue weighted by Gasteiger charge is -2.17. The second kappa shape index (κ2) is 10.6. The molecule has 0 saturated carbocycles. The van der Waals surface area contributed by atoms with E-state index in [2.05, 4.69) is 10.1 Å². The van der Waals surface area contributed by atoms with E-state index in [1.54, 1.807) is 24.1 Å². The van der Waals surface area contributed by atoms with Gasteiger partial charge in [0.2, 0.25) is 5.91 Å². The molecule has 1 N–H and O–H groups in total. The van der Waals surface area contributed by atoms with Crippen molar-refractivity contribution in [2.24, 2.45) is 0 Å². The Morgan fingerprint density at radius 3 is 2.31 bits per heavy atom. The van der Waals surface area contributed by atoms with E-state index in [9.17, 15) is 18.0 Å². The zero-order valence-electron chi connectivity index (χ0n) is 16.4. The van der Waals surface area contributed by atoms with E-state index < -0.39 is 12.4 Å². The van der Waals surface area contributed by atoms with Crippen LogP contribution in [0, 0.1) is 5.82 Å². The maximum atomic E-state index is 13.7. The van der Waals surface area contributed by atoms with Crippen molar-refractivity contribution >= 4 is 5.91 Å². The van der Waals surface area contributed by atoms with Crippen LogP contribution in [0.15, 0.2) is 36.4 Å². The molecule has 0 spiro atoms. The number of hydrogen-bond acceptors (Lipinski definition) is 5. The summed E-state index contributed by atoms with van der Waals surface area (Å²) in [6.45, 7) is -2.29. The van der Waals surface area contributed by atoms with Gasteiger partial charge in [-0.3, -0.25) is 9.69 Å². The van der Waals surface area contributed by atoms with Gasteiger partial charge in [0.05, 0.1) is 20.8 Å². The monoisotopic (exact) mass is 412 g/mol. The van der Waals surface area contributed by atoms with Gasteiger partial charge in [-0.25, -0.2) is 4.39 Å². The van der Waals surface area contributed by atoms with Gasteiger partial charge in [0.25, 0.3) is 0 Å². The number of likely N-dealkylation sites (N-methyl/N-ethyl adjacent to an activating group) is 1. The molecule has 1 amide bonds. The number of rotatable bonds is 10. The Hall–Kier alpha value is -2.94. The van der Waals surface area contributed by atoms with Crippen molar-refractivity contribution in [2.75, 3.05) is 27.8 Å². The molecule has 0 bridgehead atoms. The number of hydrogen-bond donors (Lipinski definition) is 1. The zero-order valence-corrected chi connectivity index (χ0v) is 16.4. The number of alkyl halides is 2. The van der Waals surface area contributed by atoms with E-state index >= 15 is 0 Å². The Balaban J connectivity index is 1.86. The summed E-state index contributed by atoms with van der Waals surface area (Å²) in [7, 11) is 4.47. The summed E-state index contributed by atoms with van der Waals surface area (Å²) in [5.41, 5.74) is 1.37.